The van der Waals surface area contributed by atoms with Gasteiger partial charge in [0, 0.05) is 59.7 Å². The first-order valence-electron chi connectivity index (χ1n) is 33.7. The number of para-hydroxylation sites is 1. The zero-order valence-electron chi connectivity index (χ0n) is 60.2. The van der Waals surface area contributed by atoms with Gasteiger partial charge in [0.15, 0.2) is 0 Å². The maximum atomic E-state index is 15.4. The summed E-state index contributed by atoms with van der Waals surface area (Å²) in [5.41, 5.74) is 6.67. The van der Waals surface area contributed by atoms with E-state index in [-0.39, 0.29) is 75.3 Å². The van der Waals surface area contributed by atoms with Crippen molar-refractivity contribution < 1.29 is 70.6 Å². The Kier molecular flexibility index (Phi) is 27.6. The van der Waals surface area contributed by atoms with E-state index in [1.807, 2.05) is 13.8 Å². The fraction of sp³-hybridized carbons (Fsp3) is 0.563. The van der Waals surface area contributed by atoms with E-state index >= 15 is 14.4 Å². The molecule has 1 aromatic heterocycles. The van der Waals surface area contributed by atoms with Gasteiger partial charge in [0.2, 0.25) is 52.9 Å². The minimum absolute atomic E-state index is 0.0262. The Balaban J connectivity index is 1.31. The number of esters is 1. The van der Waals surface area contributed by atoms with Crippen LogP contribution in [0.25, 0.3) is 10.9 Å². The number of rotatable bonds is 30. The quantitative estimate of drug-likeness (QED) is 0.00862. The van der Waals surface area contributed by atoms with Gasteiger partial charge in [0.25, 0.3) is 10.0 Å². The van der Waals surface area contributed by atoms with E-state index in [0.29, 0.717) is 63.7 Å². The molecule has 0 saturated carbocycles. The number of aliphatic imine (C=N–C) groups is 1. The fourth-order valence-electron chi connectivity index (χ4n) is 12.0. The van der Waals surface area contributed by atoms with Crippen molar-refractivity contribution >= 4 is 114 Å². The Bertz CT molecular complexity index is 3860. The third-order valence-corrected chi connectivity index (χ3v) is 20.9. The molecule has 0 spiro atoms. The molecule has 4 aromatic rings. The normalized spacial score (nSPS) is 16.5. The number of nitrogens with one attached hydrogen (secondary N) is 7. The smallest absolute Gasteiger partial charge is 0.419 e. The predicted octanol–water partition coefficient (Wildman–Crippen LogP) is 6.93. The highest BCUT2D eigenvalue weighted by Crippen LogP contribution is 2.44. The van der Waals surface area contributed by atoms with Gasteiger partial charge in [-0.1, -0.05) is 99.6 Å². The topological polar surface area (TPSA) is 363 Å². The Morgan fingerprint density at radius 2 is 1.46 bits per heavy atom. The maximum absolute atomic E-state index is 15.4. The number of sulfonamides is 1. The van der Waals surface area contributed by atoms with Gasteiger partial charge in [0.05, 0.1) is 29.5 Å². The first kappa shape index (κ1) is 80.9. The number of hydrogen-bond acceptors (Lipinski definition) is 17. The lowest BCUT2D eigenvalue weighted by Gasteiger charge is -2.38. The van der Waals surface area contributed by atoms with Gasteiger partial charge < -0.3 is 56.7 Å². The molecule has 7 amide bonds. The Morgan fingerprint density at radius 1 is 0.820 bits per heavy atom. The molecular weight excluding hydrogens is 1390 g/mol. The van der Waals surface area contributed by atoms with Gasteiger partial charge in [0.1, 0.15) is 53.2 Å². The Labute approximate surface area is 599 Å². The molecule has 0 bridgehead atoms. The van der Waals surface area contributed by atoms with Crippen molar-refractivity contribution in [1.82, 2.24) is 46.1 Å². The summed E-state index contributed by atoms with van der Waals surface area (Å²) < 4.78 is 49.7. The number of thioether (sulfide) groups is 1. The average molecular weight is 1490 g/mol. The lowest BCUT2D eigenvalue weighted by molar-refractivity contribution is -0.143. The number of guanidine groups is 1. The number of likely N-dealkylation sites (tertiary alicyclic amines) is 1. The molecule has 3 heterocycles. The number of hydrogen-bond donors (Lipinski definition) is 8. The number of nitrogens with zero attached hydrogens (tertiary/aromatic N) is 3. The molecule has 2 aliphatic rings. The summed E-state index contributed by atoms with van der Waals surface area (Å²) >= 11 is 4.18. The van der Waals surface area contributed by atoms with Crippen molar-refractivity contribution in [3.8, 4) is 5.75 Å². The van der Waals surface area contributed by atoms with E-state index in [1.165, 1.54) is 22.6 Å². The van der Waals surface area contributed by atoms with Crippen LogP contribution in [0.2, 0.25) is 0 Å². The van der Waals surface area contributed by atoms with Crippen LogP contribution in [0, 0.1) is 31.6 Å². The summed E-state index contributed by atoms with van der Waals surface area (Å²) in [5, 5.41) is 16.6. The second-order valence-electron chi connectivity index (χ2n) is 28.8. The molecule has 1 fully saturated rings. The second kappa shape index (κ2) is 34.1. The number of ether oxygens (including phenoxy) is 3. The van der Waals surface area contributed by atoms with Gasteiger partial charge in [-0.3, -0.25) is 52.7 Å². The van der Waals surface area contributed by atoms with Crippen molar-refractivity contribution in [3.05, 3.63) is 92.6 Å². The number of carbonyl (C=O) groups excluding carboxylic acids is 10. The van der Waals surface area contributed by atoms with E-state index in [0.717, 1.165) is 21.8 Å². The van der Waals surface area contributed by atoms with Crippen LogP contribution in [0.15, 0.2) is 69.1 Å². The predicted molar refractivity (Wildman–Crippen MR) is 386 cm³/mol. The van der Waals surface area contributed by atoms with Crippen molar-refractivity contribution in [3.63, 3.8) is 0 Å². The molecule has 548 valence electrons. The second-order valence-corrected chi connectivity index (χ2v) is 32.4. The van der Waals surface area contributed by atoms with Crippen LogP contribution < -0.4 is 47.1 Å². The number of fused-ring (bicyclic) bond motifs is 2. The number of benzene rings is 3. The van der Waals surface area contributed by atoms with Crippen LogP contribution in [0.1, 0.15) is 162 Å². The first-order chi connectivity index (χ1) is 46.6. The van der Waals surface area contributed by atoms with Crippen molar-refractivity contribution in [2.75, 3.05) is 25.4 Å². The van der Waals surface area contributed by atoms with Crippen molar-refractivity contribution in [2.24, 2.45) is 21.6 Å². The summed E-state index contributed by atoms with van der Waals surface area (Å²) in [7, 11) is -4.29. The summed E-state index contributed by atoms with van der Waals surface area (Å²) in [6, 6.07) is 5.11. The molecular formula is C71H100BrN11O15S2. The first-order valence-corrected chi connectivity index (χ1v) is 37.0. The molecule has 3 aromatic carbocycles. The SMILES string of the molecule is CCOC(=O)CCSC(=O)[C@H](CCCN=C(N)NS(=O)(=O)c1c(C)c(C)c2c(c1C)CC(C)(C)O2)NC(=O)[C@@H](Cc1cn(C(=O)OC(C)(C)C)c2ccccc12)NC(=O)[C@@H](NC(=O)[C@H](NC(=O)[C@@H]1CCCN1C(=O)[C@H](Cc1ccc(Br)cc1)NC(=O)[C@@H](C)NC=O)C(C)(C)C)C(C)(C)CC. The number of carbonyl (C=O) groups is 10. The molecule has 0 unspecified atom stereocenters. The number of halogens is 1. The maximum Gasteiger partial charge on any atom is 0.419 e. The third-order valence-electron chi connectivity index (χ3n) is 17.8. The lowest BCUT2D eigenvalue weighted by Crippen LogP contribution is -2.64. The Hall–Kier alpha value is -8.05. The minimum Gasteiger partial charge on any atom is -0.487 e. The third kappa shape index (κ3) is 21.3. The molecule has 2 aliphatic heterocycles. The van der Waals surface area contributed by atoms with Crippen molar-refractivity contribution in [1.29, 1.82) is 0 Å². The zero-order chi connectivity index (χ0) is 74.6. The van der Waals surface area contributed by atoms with E-state index in [2.05, 4.69) is 57.5 Å². The highest BCUT2D eigenvalue weighted by atomic mass is 79.9. The molecule has 1 saturated heterocycles. The molecule has 29 heteroatoms. The molecule has 6 rings (SSSR count). The number of aromatic nitrogens is 1. The highest BCUT2D eigenvalue weighted by molar-refractivity contribution is 9.10. The summed E-state index contributed by atoms with van der Waals surface area (Å²) in [5.74, 6) is -4.70. The van der Waals surface area contributed by atoms with Gasteiger partial charge in [-0.05, 0) is 158 Å². The molecule has 100 heavy (non-hydrogen) atoms. The standard InChI is InChI=1S/C71H100BrN11O15S2/c1-17-70(13,14)58(80-62(89)57(68(7,8)9)79-61(88)53-26-22-33-82(53)64(91)51(78-59(86)43(6)75-39-84)35-44-27-29-46(72)30-28-44)63(90)77-50(36-45-38-83(67(93)98-69(10,11)12)52-25-20-19-23-47(45)52)60(87)76-49(65(92)99-34-31-54(85)96-18-2)24-21-32-74-66(73)81-100(94,95)56-41(4)40(3)55-48(42(56)5)37-71(15,16)97-55/h19-20,23,25,27-30,38-39,43,49-51,53,57-58H,17-18,21-22,24,26,31-37H2,1-16H3,(H,75,84)(H,76,87)(H,77,90)(H,78,86)(H,79,88)(H,80,89)(H3,73,74,81)/t43-,49+,50-,51+,53+,57+,58-/m1/s1. The van der Waals surface area contributed by atoms with Crippen LogP contribution in [0.3, 0.4) is 0 Å². The largest absolute Gasteiger partial charge is 0.487 e. The van der Waals surface area contributed by atoms with E-state index < -0.39 is 133 Å². The molecule has 9 N–H and O–H groups in total. The molecule has 0 radical (unpaired) electrons. The molecule has 7 atom stereocenters. The van der Waals surface area contributed by atoms with Gasteiger partial charge in [-0.25, -0.2) is 17.9 Å². The van der Waals surface area contributed by atoms with Gasteiger partial charge >= 0.3 is 12.1 Å². The number of amides is 7. The van der Waals surface area contributed by atoms with Gasteiger partial charge in [-0.2, -0.15) is 0 Å². The zero-order valence-corrected chi connectivity index (χ0v) is 63.5. The molecule has 0 aliphatic carbocycles. The van der Waals surface area contributed by atoms with Crippen LogP contribution in [0.5, 0.6) is 5.75 Å². The highest BCUT2D eigenvalue weighted by Gasteiger charge is 2.45. The average Bonchev–Trinajstić information content (AvgIpc) is 1.51. The Morgan fingerprint density at radius 3 is 2.09 bits per heavy atom. The molecule has 26 nitrogen and oxygen atoms in total. The summed E-state index contributed by atoms with van der Waals surface area (Å²) in [4.78, 5) is 146. The van der Waals surface area contributed by atoms with Crippen LogP contribution in [-0.4, -0.2) is 162 Å². The monoisotopic (exact) mass is 1490 g/mol. The van der Waals surface area contributed by atoms with Crippen LogP contribution >= 0.6 is 27.7 Å². The van der Waals surface area contributed by atoms with Gasteiger partial charge in [-0.15, -0.1) is 0 Å². The van der Waals surface area contributed by atoms with E-state index in [9.17, 15) is 42.0 Å². The summed E-state index contributed by atoms with van der Waals surface area (Å²) in [6.07, 6.45) is 2.08. The van der Waals surface area contributed by atoms with Crippen molar-refractivity contribution in [2.45, 2.75) is 227 Å². The van der Waals surface area contributed by atoms with Crippen LogP contribution in [-0.2, 0) is 81.9 Å². The summed E-state index contributed by atoms with van der Waals surface area (Å²) in [6.45, 7) is 27.8. The minimum atomic E-state index is -4.29. The van der Waals surface area contributed by atoms with E-state index in [1.54, 1.807) is 139 Å². The lowest BCUT2D eigenvalue weighted by atomic mass is 9.80. The van der Waals surface area contributed by atoms with E-state index in [4.69, 9.17) is 19.9 Å². The number of nitrogens with two attached hydrogens (primary N) is 1. The van der Waals surface area contributed by atoms with Crippen LogP contribution in [0.4, 0.5) is 4.79 Å². The fourth-order valence-corrected chi connectivity index (χ4v) is 14.6.